The lowest BCUT2D eigenvalue weighted by Gasteiger charge is -2.19. The summed E-state index contributed by atoms with van der Waals surface area (Å²) in [6.45, 7) is 15.5. The molecule has 1 heterocycles. The molecule has 0 saturated carbocycles. The van der Waals surface area contributed by atoms with Gasteiger partial charge < -0.3 is 10.1 Å². The molecule has 0 saturated heterocycles. The highest BCUT2D eigenvalue weighted by atomic mass is 16.5. The molecule has 19 heavy (non-hydrogen) atoms. The second-order valence-electron chi connectivity index (χ2n) is 6.04. The average Bonchev–Trinajstić information content (AvgIpc) is 2.32. The van der Waals surface area contributed by atoms with Gasteiger partial charge in [0.05, 0.1) is 6.61 Å². The van der Waals surface area contributed by atoms with E-state index >= 15 is 0 Å². The van der Waals surface area contributed by atoms with Gasteiger partial charge in [-0.1, -0.05) is 40.7 Å². The van der Waals surface area contributed by atoms with Crippen molar-refractivity contribution in [2.75, 3.05) is 18.5 Å². The minimum atomic E-state index is -0.109. The zero-order chi connectivity index (χ0) is 14.5. The molecule has 0 unspecified atom stereocenters. The quantitative estimate of drug-likeness (QED) is 0.799. The van der Waals surface area contributed by atoms with Crippen LogP contribution >= 0.6 is 0 Å². The molecular formula is C15H25N3O. The Morgan fingerprint density at radius 2 is 2.05 bits per heavy atom. The van der Waals surface area contributed by atoms with Crippen molar-refractivity contribution in [1.29, 1.82) is 0 Å². The normalized spacial score (nSPS) is 11.5. The van der Waals surface area contributed by atoms with Gasteiger partial charge in [0, 0.05) is 18.0 Å². The molecule has 0 fully saturated rings. The van der Waals surface area contributed by atoms with Gasteiger partial charge in [0.1, 0.15) is 11.6 Å². The lowest BCUT2D eigenvalue weighted by molar-refractivity contribution is 0.259. The largest absolute Gasteiger partial charge is 0.477 e. The first-order valence-corrected chi connectivity index (χ1v) is 6.70. The molecular weight excluding hydrogens is 238 g/mol. The Balaban J connectivity index is 2.98. The first-order valence-electron chi connectivity index (χ1n) is 6.70. The number of nitrogens with one attached hydrogen (secondary N) is 1. The minimum absolute atomic E-state index is 0.109. The van der Waals surface area contributed by atoms with Crippen molar-refractivity contribution in [2.45, 2.75) is 40.0 Å². The Kier molecular flexibility index (Phi) is 5.33. The number of aromatic nitrogens is 2. The van der Waals surface area contributed by atoms with Gasteiger partial charge in [0.25, 0.3) is 0 Å². The maximum atomic E-state index is 5.71. The van der Waals surface area contributed by atoms with E-state index in [2.05, 4.69) is 56.5 Å². The molecule has 1 N–H and O–H groups in total. The third-order valence-electron chi connectivity index (χ3n) is 2.37. The second kappa shape index (κ2) is 6.55. The molecule has 106 valence electrons. The van der Waals surface area contributed by atoms with E-state index in [1.54, 1.807) is 6.08 Å². The van der Waals surface area contributed by atoms with Gasteiger partial charge in [-0.25, -0.2) is 4.98 Å². The summed E-state index contributed by atoms with van der Waals surface area (Å²) in [5, 5.41) is 3.19. The highest BCUT2D eigenvalue weighted by molar-refractivity contribution is 5.39. The number of anilines is 1. The van der Waals surface area contributed by atoms with Crippen molar-refractivity contribution in [2.24, 2.45) is 5.92 Å². The fourth-order valence-electron chi connectivity index (χ4n) is 1.35. The van der Waals surface area contributed by atoms with Crippen LogP contribution in [0, 0.1) is 5.92 Å². The SMILES string of the molecule is C=CCNc1cc(OCC(C)C)nc(C(C)(C)C)n1. The highest BCUT2D eigenvalue weighted by Gasteiger charge is 2.19. The van der Waals surface area contributed by atoms with Crippen molar-refractivity contribution in [3.05, 3.63) is 24.5 Å². The molecule has 0 aromatic carbocycles. The smallest absolute Gasteiger partial charge is 0.218 e. The molecule has 4 heteroatoms. The fourth-order valence-corrected chi connectivity index (χ4v) is 1.35. The van der Waals surface area contributed by atoms with Crippen LogP contribution < -0.4 is 10.1 Å². The Morgan fingerprint density at radius 3 is 2.58 bits per heavy atom. The number of ether oxygens (including phenoxy) is 1. The van der Waals surface area contributed by atoms with E-state index in [-0.39, 0.29) is 5.41 Å². The average molecular weight is 263 g/mol. The Hall–Kier alpha value is -1.58. The van der Waals surface area contributed by atoms with Crippen molar-refractivity contribution in [3.8, 4) is 5.88 Å². The molecule has 0 spiro atoms. The van der Waals surface area contributed by atoms with Crippen LogP contribution in [0.3, 0.4) is 0 Å². The first kappa shape index (κ1) is 15.5. The molecule has 1 aromatic heterocycles. The van der Waals surface area contributed by atoms with Gasteiger partial charge >= 0.3 is 0 Å². The van der Waals surface area contributed by atoms with Crippen LogP contribution in [0.25, 0.3) is 0 Å². The molecule has 4 nitrogen and oxygen atoms in total. The van der Waals surface area contributed by atoms with Gasteiger partial charge in [0.2, 0.25) is 5.88 Å². The number of hydrogen-bond acceptors (Lipinski definition) is 4. The van der Waals surface area contributed by atoms with Crippen molar-refractivity contribution >= 4 is 5.82 Å². The monoisotopic (exact) mass is 263 g/mol. The van der Waals surface area contributed by atoms with Gasteiger partial charge in [-0.2, -0.15) is 4.98 Å². The van der Waals surface area contributed by atoms with E-state index in [4.69, 9.17) is 4.74 Å². The molecule has 0 aliphatic carbocycles. The number of hydrogen-bond donors (Lipinski definition) is 1. The summed E-state index contributed by atoms with van der Waals surface area (Å²) in [6.07, 6.45) is 1.80. The van der Waals surface area contributed by atoms with Crippen LogP contribution in [-0.2, 0) is 5.41 Å². The Bertz CT molecular complexity index is 422. The van der Waals surface area contributed by atoms with Gasteiger partial charge in [-0.3, -0.25) is 0 Å². The van der Waals surface area contributed by atoms with E-state index < -0.39 is 0 Å². The Morgan fingerprint density at radius 1 is 1.37 bits per heavy atom. The van der Waals surface area contributed by atoms with E-state index in [0.717, 1.165) is 11.6 Å². The summed E-state index contributed by atoms with van der Waals surface area (Å²) >= 11 is 0. The topological polar surface area (TPSA) is 47.0 Å². The van der Waals surface area contributed by atoms with Gasteiger partial charge in [0.15, 0.2) is 0 Å². The summed E-state index contributed by atoms with van der Waals surface area (Å²) < 4.78 is 5.71. The fraction of sp³-hybridized carbons (Fsp3) is 0.600. The third kappa shape index (κ3) is 5.28. The molecule has 1 aromatic rings. The summed E-state index contributed by atoms with van der Waals surface area (Å²) in [5.41, 5.74) is -0.109. The van der Waals surface area contributed by atoms with Crippen LogP contribution in [0.4, 0.5) is 5.82 Å². The molecule has 0 aliphatic heterocycles. The number of nitrogens with zero attached hydrogens (tertiary/aromatic N) is 2. The minimum Gasteiger partial charge on any atom is -0.477 e. The van der Waals surface area contributed by atoms with E-state index in [1.165, 1.54) is 0 Å². The summed E-state index contributed by atoms with van der Waals surface area (Å²) in [7, 11) is 0. The van der Waals surface area contributed by atoms with E-state index in [0.29, 0.717) is 24.9 Å². The molecule has 0 radical (unpaired) electrons. The van der Waals surface area contributed by atoms with Gasteiger partial charge in [-0.05, 0) is 5.92 Å². The zero-order valence-electron chi connectivity index (χ0n) is 12.7. The highest BCUT2D eigenvalue weighted by Crippen LogP contribution is 2.23. The van der Waals surface area contributed by atoms with Gasteiger partial charge in [-0.15, -0.1) is 6.58 Å². The van der Waals surface area contributed by atoms with Crippen LogP contribution in [0.2, 0.25) is 0 Å². The Labute approximate surface area is 116 Å². The zero-order valence-corrected chi connectivity index (χ0v) is 12.7. The van der Waals surface area contributed by atoms with Crippen LogP contribution in [0.1, 0.15) is 40.4 Å². The maximum Gasteiger partial charge on any atom is 0.218 e. The first-order chi connectivity index (χ1) is 8.82. The molecule has 1 rings (SSSR count). The predicted octanol–water partition coefficient (Wildman–Crippen LogP) is 3.41. The molecule has 0 aliphatic rings. The van der Waals surface area contributed by atoms with E-state index in [1.807, 2.05) is 6.07 Å². The lowest BCUT2D eigenvalue weighted by atomic mass is 9.96. The van der Waals surface area contributed by atoms with Crippen LogP contribution in [0.15, 0.2) is 18.7 Å². The molecule has 0 atom stereocenters. The molecule has 0 amide bonds. The molecule has 0 bridgehead atoms. The van der Waals surface area contributed by atoms with Crippen molar-refractivity contribution < 1.29 is 4.74 Å². The standard InChI is InChI=1S/C15H25N3O/c1-7-8-16-12-9-13(19-10-11(2)3)18-14(17-12)15(4,5)6/h7,9,11H,1,8,10H2,2-6H3,(H,16,17,18). The van der Waals surface area contributed by atoms with Crippen LogP contribution in [0.5, 0.6) is 5.88 Å². The van der Waals surface area contributed by atoms with E-state index in [9.17, 15) is 0 Å². The van der Waals surface area contributed by atoms with Crippen LogP contribution in [-0.4, -0.2) is 23.1 Å². The third-order valence-corrected chi connectivity index (χ3v) is 2.37. The maximum absolute atomic E-state index is 5.71. The summed E-state index contributed by atoms with van der Waals surface area (Å²) in [6, 6.07) is 1.83. The summed E-state index contributed by atoms with van der Waals surface area (Å²) in [4.78, 5) is 9.00. The second-order valence-corrected chi connectivity index (χ2v) is 6.04. The summed E-state index contributed by atoms with van der Waals surface area (Å²) in [5.74, 6) is 2.65. The van der Waals surface area contributed by atoms with Crippen molar-refractivity contribution in [3.63, 3.8) is 0 Å². The number of rotatable bonds is 6. The predicted molar refractivity (Wildman–Crippen MR) is 79.8 cm³/mol. The van der Waals surface area contributed by atoms with Crippen molar-refractivity contribution in [1.82, 2.24) is 9.97 Å². The lowest BCUT2D eigenvalue weighted by Crippen LogP contribution is -2.18.